The molecule has 0 aliphatic heterocycles. The van der Waals surface area contributed by atoms with Gasteiger partial charge in [0.1, 0.15) is 0 Å². The largest absolute Gasteiger partial charge is 0.416 e. The molecule has 108 valence electrons. The van der Waals surface area contributed by atoms with Crippen LogP contribution in [0.15, 0.2) is 24.3 Å². The van der Waals surface area contributed by atoms with E-state index in [-0.39, 0.29) is 5.38 Å². The van der Waals surface area contributed by atoms with Crippen LogP contribution in [-0.4, -0.2) is 25.6 Å². The van der Waals surface area contributed by atoms with Crippen LogP contribution in [0.5, 0.6) is 0 Å². The Labute approximate surface area is 115 Å². The highest BCUT2D eigenvalue weighted by molar-refractivity contribution is 6.20. The average Bonchev–Trinajstić information content (AvgIpc) is 2.34. The third-order valence-electron chi connectivity index (χ3n) is 2.57. The Balaban J connectivity index is 2.38. The van der Waals surface area contributed by atoms with Gasteiger partial charge in [-0.15, -0.1) is 11.6 Å². The van der Waals surface area contributed by atoms with Crippen molar-refractivity contribution in [3.05, 3.63) is 35.4 Å². The molecule has 1 rings (SSSR count). The molecule has 6 heteroatoms. The first-order valence-corrected chi connectivity index (χ1v) is 6.37. The Bertz CT molecular complexity index is 384. The SMILES string of the molecule is COCC(Cl)CCNCc1cccc(C(F)(F)F)c1. The number of nitrogens with one attached hydrogen (secondary N) is 1. The van der Waals surface area contributed by atoms with Crippen molar-refractivity contribution in [2.24, 2.45) is 0 Å². The minimum Gasteiger partial charge on any atom is -0.383 e. The zero-order chi connectivity index (χ0) is 14.3. The van der Waals surface area contributed by atoms with E-state index in [1.165, 1.54) is 6.07 Å². The zero-order valence-electron chi connectivity index (χ0n) is 10.6. The lowest BCUT2D eigenvalue weighted by molar-refractivity contribution is -0.137. The highest BCUT2D eigenvalue weighted by Crippen LogP contribution is 2.29. The van der Waals surface area contributed by atoms with Crippen molar-refractivity contribution < 1.29 is 17.9 Å². The molecule has 1 unspecified atom stereocenters. The highest BCUT2D eigenvalue weighted by atomic mass is 35.5. The van der Waals surface area contributed by atoms with Crippen LogP contribution in [0.1, 0.15) is 17.5 Å². The molecule has 0 bridgehead atoms. The molecule has 0 aliphatic rings. The summed E-state index contributed by atoms with van der Waals surface area (Å²) in [5.74, 6) is 0. The first kappa shape index (κ1) is 16.3. The average molecular weight is 296 g/mol. The maximum Gasteiger partial charge on any atom is 0.416 e. The van der Waals surface area contributed by atoms with E-state index in [2.05, 4.69) is 5.32 Å². The second kappa shape index (κ2) is 7.72. The molecule has 0 spiro atoms. The summed E-state index contributed by atoms with van der Waals surface area (Å²) in [6.07, 6.45) is -3.59. The Kier molecular flexibility index (Phi) is 6.62. The van der Waals surface area contributed by atoms with Gasteiger partial charge in [0.25, 0.3) is 0 Å². The molecule has 0 saturated carbocycles. The van der Waals surface area contributed by atoms with Crippen LogP contribution < -0.4 is 5.32 Å². The van der Waals surface area contributed by atoms with Crippen LogP contribution in [0.4, 0.5) is 13.2 Å². The number of ether oxygens (including phenoxy) is 1. The summed E-state index contributed by atoms with van der Waals surface area (Å²) in [6, 6.07) is 5.29. The molecule has 0 amide bonds. The summed E-state index contributed by atoms with van der Waals surface area (Å²) in [7, 11) is 1.57. The second-order valence-corrected chi connectivity index (χ2v) is 4.83. The molecule has 1 atom stereocenters. The molecule has 2 nitrogen and oxygen atoms in total. The van der Waals surface area contributed by atoms with Crippen LogP contribution in [0.2, 0.25) is 0 Å². The third-order valence-corrected chi connectivity index (χ3v) is 2.91. The first-order valence-electron chi connectivity index (χ1n) is 5.93. The standard InChI is InChI=1S/C13H17ClF3NO/c1-19-9-12(14)5-6-18-8-10-3-2-4-11(7-10)13(15,16)17/h2-4,7,12,18H,5-6,8-9H2,1H3. The van der Waals surface area contributed by atoms with Gasteiger partial charge >= 0.3 is 6.18 Å². The van der Waals surface area contributed by atoms with Gasteiger partial charge < -0.3 is 10.1 Å². The van der Waals surface area contributed by atoms with Crippen LogP contribution in [-0.2, 0) is 17.5 Å². The van der Waals surface area contributed by atoms with Crippen molar-refractivity contribution >= 4 is 11.6 Å². The van der Waals surface area contributed by atoms with Crippen LogP contribution in [0.25, 0.3) is 0 Å². The zero-order valence-corrected chi connectivity index (χ0v) is 11.4. The topological polar surface area (TPSA) is 21.3 Å². The molecular weight excluding hydrogens is 279 g/mol. The number of hydrogen-bond acceptors (Lipinski definition) is 2. The van der Waals surface area contributed by atoms with Gasteiger partial charge in [-0.3, -0.25) is 0 Å². The maximum absolute atomic E-state index is 12.5. The second-order valence-electron chi connectivity index (χ2n) is 4.22. The number of hydrogen-bond donors (Lipinski definition) is 1. The quantitative estimate of drug-likeness (QED) is 0.614. The molecular formula is C13H17ClF3NO. The summed E-state index contributed by atoms with van der Waals surface area (Å²) in [4.78, 5) is 0. The van der Waals surface area contributed by atoms with Crippen molar-refractivity contribution in [2.45, 2.75) is 24.5 Å². The van der Waals surface area contributed by atoms with Gasteiger partial charge in [0.05, 0.1) is 17.5 Å². The number of benzene rings is 1. The van der Waals surface area contributed by atoms with Crippen LogP contribution in [0, 0.1) is 0 Å². The van der Waals surface area contributed by atoms with Gasteiger partial charge in [-0.1, -0.05) is 18.2 Å². The van der Waals surface area contributed by atoms with E-state index in [4.69, 9.17) is 16.3 Å². The molecule has 1 aromatic carbocycles. The Morgan fingerprint density at radius 1 is 1.37 bits per heavy atom. The number of methoxy groups -OCH3 is 1. The van der Waals surface area contributed by atoms with Crippen molar-refractivity contribution in [3.63, 3.8) is 0 Å². The van der Waals surface area contributed by atoms with Crippen molar-refractivity contribution in [1.29, 1.82) is 0 Å². The number of halogens is 4. The van der Waals surface area contributed by atoms with Gasteiger partial charge in [0, 0.05) is 13.7 Å². The fraction of sp³-hybridized carbons (Fsp3) is 0.538. The summed E-state index contributed by atoms with van der Waals surface area (Å²) in [5, 5.41) is 2.98. The highest BCUT2D eigenvalue weighted by Gasteiger charge is 2.30. The van der Waals surface area contributed by atoms with Gasteiger partial charge in [0.2, 0.25) is 0 Å². The molecule has 0 aromatic heterocycles. The molecule has 1 aromatic rings. The van der Waals surface area contributed by atoms with Gasteiger partial charge in [0.15, 0.2) is 0 Å². The first-order chi connectivity index (χ1) is 8.93. The van der Waals surface area contributed by atoms with E-state index in [0.29, 0.717) is 31.7 Å². The number of rotatable bonds is 7. The van der Waals surface area contributed by atoms with E-state index in [0.717, 1.165) is 12.1 Å². The fourth-order valence-electron chi connectivity index (χ4n) is 1.61. The van der Waals surface area contributed by atoms with Crippen LogP contribution in [0.3, 0.4) is 0 Å². The van der Waals surface area contributed by atoms with Gasteiger partial charge in [-0.2, -0.15) is 13.2 Å². The monoisotopic (exact) mass is 295 g/mol. The lowest BCUT2D eigenvalue weighted by atomic mass is 10.1. The number of alkyl halides is 4. The molecule has 0 heterocycles. The van der Waals surface area contributed by atoms with E-state index in [1.54, 1.807) is 13.2 Å². The van der Waals surface area contributed by atoms with E-state index < -0.39 is 11.7 Å². The Hall–Kier alpha value is -0.780. The normalized spacial score (nSPS) is 13.5. The molecule has 0 aliphatic carbocycles. The predicted molar refractivity (Wildman–Crippen MR) is 69.3 cm³/mol. The minimum absolute atomic E-state index is 0.0843. The Morgan fingerprint density at radius 3 is 2.74 bits per heavy atom. The molecule has 1 N–H and O–H groups in total. The van der Waals surface area contributed by atoms with E-state index in [1.807, 2.05) is 0 Å². The van der Waals surface area contributed by atoms with Crippen molar-refractivity contribution in [2.75, 3.05) is 20.3 Å². The van der Waals surface area contributed by atoms with Gasteiger partial charge in [-0.05, 0) is 24.6 Å². The molecule has 0 saturated heterocycles. The smallest absolute Gasteiger partial charge is 0.383 e. The molecule has 19 heavy (non-hydrogen) atoms. The van der Waals surface area contributed by atoms with Crippen molar-refractivity contribution in [3.8, 4) is 0 Å². The van der Waals surface area contributed by atoms with Crippen molar-refractivity contribution in [1.82, 2.24) is 5.32 Å². The molecule has 0 radical (unpaired) electrons. The Morgan fingerprint density at radius 2 is 2.11 bits per heavy atom. The summed E-state index contributed by atoms with van der Waals surface area (Å²) < 4.78 is 42.4. The van der Waals surface area contributed by atoms with E-state index in [9.17, 15) is 13.2 Å². The summed E-state index contributed by atoms with van der Waals surface area (Å²) in [6.45, 7) is 1.49. The molecule has 0 fully saturated rings. The van der Waals surface area contributed by atoms with Crippen LogP contribution >= 0.6 is 11.6 Å². The predicted octanol–water partition coefficient (Wildman–Crippen LogP) is 3.44. The van der Waals surface area contributed by atoms with Gasteiger partial charge in [-0.25, -0.2) is 0 Å². The lowest BCUT2D eigenvalue weighted by Gasteiger charge is -2.11. The fourth-order valence-corrected chi connectivity index (χ4v) is 1.85. The third kappa shape index (κ3) is 6.27. The maximum atomic E-state index is 12.5. The summed E-state index contributed by atoms with van der Waals surface area (Å²) >= 11 is 5.93. The lowest BCUT2D eigenvalue weighted by Crippen LogP contribution is -2.20. The van der Waals surface area contributed by atoms with E-state index >= 15 is 0 Å². The minimum atomic E-state index is -4.30. The summed E-state index contributed by atoms with van der Waals surface area (Å²) in [5.41, 5.74) is -0.0194.